The highest BCUT2D eigenvalue weighted by atomic mass is 32.1. The molecule has 2 aromatic heterocycles. The molecule has 1 atom stereocenters. The van der Waals surface area contributed by atoms with E-state index in [1.165, 1.54) is 9.60 Å². The van der Waals surface area contributed by atoms with Crippen LogP contribution in [0.3, 0.4) is 0 Å². The second-order valence-corrected chi connectivity index (χ2v) is 7.87. The number of rotatable bonds is 6. The molecule has 4 aromatic rings. The lowest BCUT2D eigenvalue weighted by Crippen LogP contribution is -3.06. The molecule has 0 bridgehead atoms. The van der Waals surface area contributed by atoms with Crippen molar-refractivity contribution in [1.29, 1.82) is 0 Å². The van der Waals surface area contributed by atoms with Gasteiger partial charge < -0.3 is 16.0 Å². The van der Waals surface area contributed by atoms with Crippen LogP contribution in [0.25, 0.3) is 10.2 Å². The van der Waals surface area contributed by atoms with Gasteiger partial charge in [0.15, 0.2) is 5.82 Å². The van der Waals surface area contributed by atoms with Crippen molar-refractivity contribution < 1.29 is 4.90 Å². The van der Waals surface area contributed by atoms with Crippen molar-refractivity contribution in [2.75, 3.05) is 18.1 Å². The number of hydrogen-bond donors (Lipinski definition) is 3. The molecule has 4 rings (SSSR count). The number of thiazole rings is 1. The smallest absolute Gasteiger partial charge is 0.232 e. The maximum absolute atomic E-state index is 5.91. The minimum atomic E-state index is 0.217. The lowest BCUT2D eigenvalue weighted by molar-refractivity contribution is -0.908. The number of quaternary nitrogens is 1. The van der Waals surface area contributed by atoms with E-state index in [4.69, 9.17) is 10.7 Å². The van der Waals surface area contributed by atoms with E-state index >= 15 is 0 Å². The van der Waals surface area contributed by atoms with E-state index in [0.29, 0.717) is 18.3 Å². The number of para-hydroxylation sites is 2. The summed E-state index contributed by atoms with van der Waals surface area (Å²) in [6, 6.07) is 16.2. The Labute approximate surface area is 167 Å². The fraction of sp³-hybridized carbons (Fsp3) is 0.200. The van der Waals surface area contributed by atoms with E-state index in [2.05, 4.69) is 33.4 Å². The Morgan fingerprint density at radius 3 is 2.57 bits per heavy atom. The summed E-state index contributed by atoms with van der Waals surface area (Å²) in [6.07, 6.45) is 0. The van der Waals surface area contributed by atoms with Crippen molar-refractivity contribution in [1.82, 2.24) is 19.9 Å². The third kappa shape index (κ3) is 4.24. The van der Waals surface area contributed by atoms with E-state index in [1.54, 1.807) is 11.3 Å². The van der Waals surface area contributed by atoms with E-state index in [1.807, 2.05) is 49.4 Å². The molecular weight excluding hydrogens is 370 g/mol. The molecule has 0 amide bonds. The van der Waals surface area contributed by atoms with Gasteiger partial charge in [0.2, 0.25) is 11.9 Å². The van der Waals surface area contributed by atoms with Gasteiger partial charge in [0.1, 0.15) is 18.1 Å². The SMILES string of the molecule is Cc1ccccc1Nc1nc(N)nc(C[NH+](C)Cc2nc3ccccc3s2)n1. The van der Waals surface area contributed by atoms with Crippen molar-refractivity contribution in [3.05, 3.63) is 64.9 Å². The summed E-state index contributed by atoms with van der Waals surface area (Å²) in [4.78, 5) is 19.0. The maximum Gasteiger partial charge on any atom is 0.232 e. The summed E-state index contributed by atoms with van der Waals surface area (Å²) in [5.41, 5.74) is 9.02. The van der Waals surface area contributed by atoms with Crippen molar-refractivity contribution in [2.45, 2.75) is 20.0 Å². The van der Waals surface area contributed by atoms with Crippen LogP contribution in [0.2, 0.25) is 0 Å². The van der Waals surface area contributed by atoms with Crippen molar-refractivity contribution in [2.24, 2.45) is 0 Å². The number of aryl methyl sites for hydroxylation is 1. The van der Waals surface area contributed by atoms with Gasteiger partial charge in [0.25, 0.3) is 0 Å². The predicted molar refractivity (Wildman–Crippen MR) is 113 cm³/mol. The first-order chi connectivity index (χ1) is 13.6. The van der Waals surface area contributed by atoms with E-state index in [-0.39, 0.29) is 5.95 Å². The summed E-state index contributed by atoms with van der Waals surface area (Å²) in [5, 5.41) is 4.33. The van der Waals surface area contributed by atoms with Gasteiger partial charge in [0.05, 0.1) is 17.3 Å². The fourth-order valence-electron chi connectivity index (χ4n) is 2.99. The third-order valence-corrected chi connectivity index (χ3v) is 5.38. The number of nitrogens with two attached hydrogens (primary N) is 1. The van der Waals surface area contributed by atoms with Crippen LogP contribution in [0.4, 0.5) is 17.6 Å². The van der Waals surface area contributed by atoms with Crippen LogP contribution >= 0.6 is 11.3 Å². The van der Waals surface area contributed by atoms with Crippen molar-refractivity contribution in [3.8, 4) is 0 Å². The summed E-state index contributed by atoms with van der Waals surface area (Å²) in [6.45, 7) is 3.46. The van der Waals surface area contributed by atoms with Gasteiger partial charge in [-0.1, -0.05) is 30.3 Å². The van der Waals surface area contributed by atoms with Gasteiger partial charge in [-0.3, -0.25) is 0 Å². The molecule has 4 N–H and O–H groups in total. The molecule has 142 valence electrons. The van der Waals surface area contributed by atoms with Gasteiger partial charge in [-0.2, -0.15) is 15.0 Å². The molecule has 8 heteroatoms. The fourth-order valence-corrected chi connectivity index (χ4v) is 4.07. The van der Waals surface area contributed by atoms with Crippen LogP contribution in [0, 0.1) is 6.92 Å². The first-order valence-corrected chi connectivity index (χ1v) is 9.87. The zero-order valence-electron chi connectivity index (χ0n) is 15.8. The Balaban J connectivity index is 1.47. The summed E-state index contributed by atoms with van der Waals surface area (Å²) >= 11 is 1.72. The number of nitrogens with one attached hydrogen (secondary N) is 2. The third-order valence-electron chi connectivity index (χ3n) is 4.34. The standard InChI is InChI=1S/C20H21N7S/c1-13-7-3-4-8-14(13)23-20-25-17(24-19(21)26-20)11-27(2)12-18-22-15-9-5-6-10-16(15)28-18/h3-10H,11-12H2,1-2H3,(H3,21,23,24,25,26)/p+1. The largest absolute Gasteiger partial charge is 0.368 e. The molecule has 0 aliphatic carbocycles. The molecule has 0 aliphatic heterocycles. The van der Waals surface area contributed by atoms with Crippen LogP contribution in [-0.4, -0.2) is 27.0 Å². The first kappa shape index (κ1) is 18.3. The maximum atomic E-state index is 5.91. The average Bonchev–Trinajstić information content (AvgIpc) is 3.05. The van der Waals surface area contributed by atoms with E-state index in [0.717, 1.165) is 28.3 Å². The lowest BCUT2D eigenvalue weighted by atomic mass is 10.2. The minimum Gasteiger partial charge on any atom is -0.368 e. The Morgan fingerprint density at radius 1 is 0.964 bits per heavy atom. The molecule has 7 nitrogen and oxygen atoms in total. The number of anilines is 3. The Hall–Kier alpha value is -3.10. The molecule has 28 heavy (non-hydrogen) atoms. The second kappa shape index (κ2) is 7.87. The lowest BCUT2D eigenvalue weighted by Gasteiger charge is -2.13. The molecule has 2 aromatic carbocycles. The zero-order chi connectivity index (χ0) is 19.5. The molecule has 0 fully saturated rings. The van der Waals surface area contributed by atoms with Crippen molar-refractivity contribution in [3.63, 3.8) is 0 Å². The van der Waals surface area contributed by atoms with Gasteiger partial charge in [-0.25, -0.2) is 4.98 Å². The number of aromatic nitrogens is 4. The highest BCUT2D eigenvalue weighted by Gasteiger charge is 2.13. The van der Waals surface area contributed by atoms with E-state index in [9.17, 15) is 0 Å². The molecule has 0 spiro atoms. The normalized spacial score (nSPS) is 12.2. The van der Waals surface area contributed by atoms with Crippen LogP contribution in [-0.2, 0) is 13.1 Å². The number of fused-ring (bicyclic) bond motifs is 1. The topological polar surface area (TPSA) is 94.0 Å². The zero-order valence-corrected chi connectivity index (χ0v) is 16.6. The number of nitrogens with zero attached hydrogens (tertiary/aromatic N) is 4. The number of nitrogen functional groups attached to an aromatic ring is 1. The molecule has 2 heterocycles. The molecule has 0 saturated carbocycles. The van der Waals surface area contributed by atoms with Gasteiger partial charge in [-0.15, -0.1) is 11.3 Å². The molecule has 0 saturated heterocycles. The Morgan fingerprint density at radius 2 is 1.75 bits per heavy atom. The predicted octanol–water partition coefficient (Wildman–Crippen LogP) is 2.33. The summed E-state index contributed by atoms with van der Waals surface area (Å²) in [7, 11) is 2.10. The van der Waals surface area contributed by atoms with Crippen molar-refractivity contribution >= 4 is 39.1 Å². The number of hydrogen-bond acceptors (Lipinski definition) is 7. The first-order valence-electron chi connectivity index (χ1n) is 9.05. The number of benzene rings is 2. The quantitative estimate of drug-likeness (QED) is 0.466. The Bertz CT molecular complexity index is 1080. The monoisotopic (exact) mass is 392 g/mol. The van der Waals surface area contributed by atoms with Gasteiger partial charge in [0, 0.05) is 5.69 Å². The molecule has 0 aliphatic rings. The second-order valence-electron chi connectivity index (χ2n) is 6.76. The Kier molecular flexibility index (Phi) is 5.14. The molecule has 1 unspecified atom stereocenters. The molecular formula is C20H22N7S+. The van der Waals surface area contributed by atoms with Crippen LogP contribution in [0.15, 0.2) is 48.5 Å². The van der Waals surface area contributed by atoms with Crippen LogP contribution in [0.1, 0.15) is 16.4 Å². The highest BCUT2D eigenvalue weighted by molar-refractivity contribution is 7.18. The van der Waals surface area contributed by atoms with Gasteiger partial charge >= 0.3 is 0 Å². The minimum absolute atomic E-state index is 0.217. The van der Waals surface area contributed by atoms with Gasteiger partial charge in [-0.05, 0) is 30.7 Å². The highest BCUT2D eigenvalue weighted by Crippen LogP contribution is 2.21. The van der Waals surface area contributed by atoms with E-state index < -0.39 is 0 Å². The molecule has 0 radical (unpaired) electrons. The summed E-state index contributed by atoms with van der Waals surface area (Å²) < 4.78 is 1.21. The average molecular weight is 393 g/mol. The summed E-state index contributed by atoms with van der Waals surface area (Å²) in [5.74, 6) is 1.33. The van der Waals surface area contributed by atoms with Crippen LogP contribution in [0.5, 0.6) is 0 Å². The van der Waals surface area contributed by atoms with Crippen LogP contribution < -0.4 is 16.0 Å².